The lowest BCUT2D eigenvalue weighted by atomic mass is 9.93. The van der Waals surface area contributed by atoms with E-state index in [1.165, 1.54) is 6.92 Å². The smallest absolute Gasteiger partial charge is 0.432 e. The van der Waals surface area contributed by atoms with E-state index < -0.39 is 29.2 Å². The van der Waals surface area contributed by atoms with Crippen LogP contribution in [0.15, 0.2) is 48.5 Å². The first-order valence-corrected chi connectivity index (χ1v) is 8.04. The van der Waals surface area contributed by atoms with E-state index in [9.17, 15) is 27.9 Å². The number of hydrogen-bond donors (Lipinski definition) is 2. The van der Waals surface area contributed by atoms with Gasteiger partial charge in [0.1, 0.15) is 0 Å². The zero-order valence-corrected chi connectivity index (χ0v) is 14.6. The number of carbonyl (C=O) groups excluding carboxylic acids is 2. The average molecular weight is 381 g/mol. The first-order valence-electron chi connectivity index (χ1n) is 8.04. The van der Waals surface area contributed by atoms with Gasteiger partial charge < -0.3 is 15.2 Å². The summed E-state index contributed by atoms with van der Waals surface area (Å²) in [6.45, 7) is 2.88. The molecule has 2 rings (SSSR count). The second-order valence-corrected chi connectivity index (χ2v) is 5.83. The van der Waals surface area contributed by atoms with Gasteiger partial charge in [-0.2, -0.15) is 13.2 Å². The van der Waals surface area contributed by atoms with Crippen molar-refractivity contribution in [3.8, 4) is 0 Å². The van der Waals surface area contributed by atoms with Gasteiger partial charge in [-0.25, -0.2) is 4.79 Å². The molecule has 0 bridgehead atoms. The molecule has 8 heteroatoms. The van der Waals surface area contributed by atoms with E-state index >= 15 is 0 Å². The van der Waals surface area contributed by atoms with Crippen molar-refractivity contribution in [1.82, 2.24) is 0 Å². The maximum atomic E-state index is 13.3. The molecule has 0 spiro atoms. The van der Waals surface area contributed by atoms with Gasteiger partial charge in [-0.15, -0.1) is 0 Å². The third kappa shape index (κ3) is 4.28. The normalized spacial score (nSPS) is 13.6. The first kappa shape index (κ1) is 20.4. The number of halogens is 3. The third-order valence-corrected chi connectivity index (χ3v) is 3.86. The predicted molar refractivity (Wildman–Crippen MR) is 92.2 cm³/mol. The predicted octanol–water partition coefficient (Wildman–Crippen LogP) is 3.56. The number of aryl methyl sites for hydroxylation is 1. The summed E-state index contributed by atoms with van der Waals surface area (Å²) in [5.74, 6) is -2.26. The number of ether oxygens (including phenoxy) is 1. The second-order valence-electron chi connectivity index (χ2n) is 5.83. The number of amides is 1. The molecule has 0 aliphatic carbocycles. The van der Waals surface area contributed by atoms with Crippen molar-refractivity contribution in [3.63, 3.8) is 0 Å². The van der Waals surface area contributed by atoms with Gasteiger partial charge in [0.05, 0.1) is 6.61 Å². The Morgan fingerprint density at radius 1 is 1.04 bits per heavy atom. The van der Waals surface area contributed by atoms with Crippen molar-refractivity contribution in [2.45, 2.75) is 25.6 Å². The molecule has 2 aromatic carbocycles. The van der Waals surface area contributed by atoms with E-state index in [-0.39, 0.29) is 12.3 Å². The summed E-state index contributed by atoms with van der Waals surface area (Å²) < 4.78 is 44.3. The van der Waals surface area contributed by atoms with Gasteiger partial charge in [0.25, 0.3) is 11.5 Å². The molecule has 5 nitrogen and oxygen atoms in total. The van der Waals surface area contributed by atoms with Crippen LogP contribution in [0.5, 0.6) is 0 Å². The number of benzene rings is 2. The molecule has 0 aliphatic heterocycles. The number of carbonyl (C=O) groups is 2. The quantitative estimate of drug-likeness (QED) is 0.777. The highest BCUT2D eigenvalue weighted by Gasteiger charge is 2.62. The molecule has 1 amide bonds. The Hall–Kier alpha value is -2.87. The Kier molecular flexibility index (Phi) is 5.90. The summed E-state index contributed by atoms with van der Waals surface area (Å²) in [6.07, 6.45) is -5.27. The molecule has 144 valence electrons. The lowest BCUT2D eigenvalue weighted by Crippen LogP contribution is -2.50. The average Bonchev–Trinajstić information content (AvgIpc) is 2.61. The topological polar surface area (TPSA) is 75.6 Å². The van der Waals surface area contributed by atoms with Crippen LogP contribution in [0.25, 0.3) is 0 Å². The van der Waals surface area contributed by atoms with E-state index in [0.29, 0.717) is 5.56 Å². The first-order chi connectivity index (χ1) is 12.6. The number of esters is 1. The van der Waals surface area contributed by atoms with Crippen molar-refractivity contribution >= 4 is 17.6 Å². The van der Waals surface area contributed by atoms with Crippen molar-refractivity contribution in [2.75, 3.05) is 11.9 Å². The number of aliphatic hydroxyl groups is 1. The minimum atomic E-state index is -5.27. The maximum absolute atomic E-state index is 13.3. The lowest BCUT2D eigenvalue weighted by molar-refractivity contribution is -0.267. The van der Waals surface area contributed by atoms with Crippen LogP contribution in [-0.4, -0.2) is 29.8 Å². The van der Waals surface area contributed by atoms with Crippen LogP contribution in [0.4, 0.5) is 18.9 Å². The van der Waals surface area contributed by atoms with Crippen LogP contribution in [0.2, 0.25) is 0 Å². The Morgan fingerprint density at radius 2 is 1.59 bits per heavy atom. The fourth-order valence-corrected chi connectivity index (χ4v) is 2.34. The second kappa shape index (κ2) is 7.79. The van der Waals surface area contributed by atoms with E-state index in [2.05, 4.69) is 10.1 Å². The number of rotatable bonds is 5. The number of hydrogen-bond acceptors (Lipinski definition) is 4. The van der Waals surface area contributed by atoms with Gasteiger partial charge in [-0.3, -0.25) is 4.79 Å². The summed E-state index contributed by atoms with van der Waals surface area (Å²) in [7, 11) is 0. The van der Waals surface area contributed by atoms with Gasteiger partial charge in [0, 0.05) is 16.8 Å². The fourth-order valence-electron chi connectivity index (χ4n) is 2.34. The number of alkyl halides is 3. The van der Waals surface area contributed by atoms with Crippen LogP contribution in [-0.2, 0) is 15.1 Å². The standard InChI is InChI=1S/C19H18F3NO4/c1-3-27-17(25)18(26,19(20,21)22)14-8-10-15(11-9-14)23-16(24)13-6-4-12(2)5-7-13/h4-11,26H,3H2,1-2H3,(H,23,24)/t18-/m0/s1. The van der Waals surface area contributed by atoms with E-state index in [1.807, 2.05) is 6.92 Å². The van der Waals surface area contributed by atoms with E-state index in [4.69, 9.17) is 0 Å². The molecule has 0 aliphatic rings. The van der Waals surface area contributed by atoms with Gasteiger partial charge in [0.15, 0.2) is 0 Å². The molecular weight excluding hydrogens is 363 g/mol. The zero-order chi connectivity index (χ0) is 20.2. The molecule has 0 radical (unpaired) electrons. The van der Waals surface area contributed by atoms with Crippen molar-refractivity contribution in [3.05, 3.63) is 65.2 Å². The van der Waals surface area contributed by atoms with Crippen LogP contribution < -0.4 is 5.32 Å². The molecule has 2 aromatic rings. The summed E-state index contributed by atoms with van der Waals surface area (Å²) in [4.78, 5) is 23.9. The van der Waals surface area contributed by atoms with Gasteiger partial charge >= 0.3 is 12.1 Å². The highest BCUT2D eigenvalue weighted by Crippen LogP contribution is 2.40. The molecule has 2 N–H and O–H groups in total. The van der Waals surface area contributed by atoms with Crippen LogP contribution in [0, 0.1) is 6.92 Å². The molecule has 27 heavy (non-hydrogen) atoms. The van der Waals surface area contributed by atoms with Gasteiger partial charge in [-0.1, -0.05) is 29.8 Å². The summed E-state index contributed by atoms with van der Waals surface area (Å²) in [5.41, 5.74) is -2.94. The molecule has 0 saturated heterocycles. The van der Waals surface area contributed by atoms with Crippen LogP contribution >= 0.6 is 0 Å². The van der Waals surface area contributed by atoms with Crippen LogP contribution in [0.1, 0.15) is 28.4 Å². The Bertz CT molecular complexity index is 816. The van der Waals surface area contributed by atoms with Gasteiger partial charge in [-0.05, 0) is 38.1 Å². The monoisotopic (exact) mass is 381 g/mol. The third-order valence-electron chi connectivity index (χ3n) is 3.86. The molecule has 0 saturated carbocycles. The number of nitrogens with one attached hydrogen (secondary N) is 1. The summed E-state index contributed by atoms with van der Waals surface area (Å²) in [6, 6.07) is 10.9. The van der Waals surface area contributed by atoms with E-state index in [1.54, 1.807) is 24.3 Å². The zero-order valence-electron chi connectivity index (χ0n) is 14.6. The maximum Gasteiger partial charge on any atom is 0.432 e. The minimum absolute atomic E-state index is 0.206. The van der Waals surface area contributed by atoms with Crippen molar-refractivity contribution in [1.29, 1.82) is 0 Å². The highest BCUT2D eigenvalue weighted by molar-refractivity contribution is 6.04. The molecule has 1 atom stereocenters. The summed E-state index contributed by atoms with van der Waals surface area (Å²) in [5, 5.41) is 12.5. The largest absolute Gasteiger partial charge is 0.463 e. The molecular formula is C19H18F3NO4. The lowest BCUT2D eigenvalue weighted by Gasteiger charge is -2.28. The fraction of sp³-hybridized carbons (Fsp3) is 0.263. The Labute approximate surface area is 153 Å². The number of anilines is 1. The Morgan fingerprint density at radius 3 is 2.07 bits per heavy atom. The van der Waals surface area contributed by atoms with Crippen molar-refractivity contribution < 1.29 is 32.6 Å². The Balaban J connectivity index is 2.25. The van der Waals surface area contributed by atoms with Crippen molar-refractivity contribution in [2.24, 2.45) is 0 Å². The molecule has 0 fully saturated rings. The van der Waals surface area contributed by atoms with Crippen LogP contribution in [0.3, 0.4) is 0 Å². The highest BCUT2D eigenvalue weighted by atomic mass is 19.4. The molecule has 0 unspecified atom stereocenters. The minimum Gasteiger partial charge on any atom is -0.463 e. The summed E-state index contributed by atoms with van der Waals surface area (Å²) >= 11 is 0. The SMILES string of the molecule is CCOC(=O)[C@@](O)(c1ccc(NC(=O)c2ccc(C)cc2)cc1)C(F)(F)F. The molecule has 0 heterocycles. The van der Waals surface area contributed by atoms with E-state index in [0.717, 1.165) is 29.8 Å². The molecule has 0 aromatic heterocycles. The van der Waals surface area contributed by atoms with Gasteiger partial charge in [0.2, 0.25) is 0 Å².